The van der Waals surface area contributed by atoms with E-state index in [4.69, 9.17) is 4.74 Å². The van der Waals surface area contributed by atoms with Crippen LogP contribution in [0.1, 0.15) is 40.2 Å². The van der Waals surface area contributed by atoms with Crippen LogP contribution in [-0.4, -0.2) is 39.0 Å². The first-order valence-electron chi connectivity index (χ1n) is 11.2. The molecule has 5 heterocycles. The summed E-state index contributed by atoms with van der Waals surface area (Å²) in [6.07, 6.45) is -1.55. The second-order valence-corrected chi connectivity index (χ2v) is 8.94. The minimum Gasteiger partial charge on any atom is -0.449 e. The van der Waals surface area contributed by atoms with Gasteiger partial charge in [-0.2, -0.15) is 13.2 Å². The van der Waals surface area contributed by atoms with Crippen LogP contribution in [0.2, 0.25) is 0 Å². The average molecular weight is 479 g/mol. The number of halogens is 3. The maximum Gasteiger partial charge on any atom is 0.416 e. The van der Waals surface area contributed by atoms with Gasteiger partial charge in [0, 0.05) is 43.4 Å². The molecule has 35 heavy (non-hydrogen) atoms. The molecule has 10 heteroatoms. The van der Waals surface area contributed by atoms with E-state index in [0.29, 0.717) is 53.9 Å². The van der Waals surface area contributed by atoms with Crippen LogP contribution in [0.25, 0.3) is 22.4 Å². The van der Waals surface area contributed by atoms with E-state index in [0.717, 1.165) is 29.3 Å². The van der Waals surface area contributed by atoms with Crippen molar-refractivity contribution < 1.29 is 22.7 Å². The Kier molecular flexibility index (Phi) is 4.64. The highest BCUT2D eigenvalue weighted by Crippen LogP contribution is 2.43. The number of benzene rings is 1. The molecule has 6 rings (SSSR count). The van der Waals surface area contributed by atoms with Gasteiger partial charge in [0.1, 0.15) is 11.6 Å². The smallest absolute Gasteiger partial charge is 0.416 e. The van der Waals surface area contributed by atoms with E-state index in [9.17, 15) is 18.0 Å². The topological polar surface area (TPSA) is 84.0 Å². The second kappa shape index (κ2) is 7.53. The summed E-state index contributed by atoms with van der Waals surface area (Å²) in [6, 6.07) is 10.7. The van der Waals surface area contributed by atoms with E-state index in [-0.39, 0.29) is 5.97 Å². The molecule has 1 N–H and O–H groups in total. The summed E-state index contributed by atoms with van der Waals surface area (Å²) in [5, 5.41) is 0. The lowest BCUT2D eigenvalue weighted by atomic mass is 9.87. The highest BCUT2D eigenvalue weighted by atomic mass is 19.4. The zero-order valence-corrected chi connectivity index (χ0v) is 18.7. The zero-order valence-electron chi connectivity index (χ0n) is 18.7. The summed E-state index contributed by atoms with van der Waals surface area (Å²) >= 11 is 0. The van der Waals surface area contributed by atoms with Gasteiger partial charge in [0.05, 0.1) is 27.9 Å². The summed E-state index contributed by atoms with van der Waals surface area (Å²) in [5.74, 6) is 0.893. The fraction of sp³-hybridized carbons (Fsp3) is 0.280. The van der Waals surface area contributed by atoms with Gasteiger partial charge in [0.2, 0.25) is 0 Å². The minimum absolute atomic E-state index is 0.315. The highest BCUT2D eigenvalue weighted by molar-refractivity contribution is 5.94. The van der Waals surface area contributed by atoms with E-state index in [2.05, 4.69) is 24.8 Å². The number of nitrogens with one attached hydrogen (secondary N) is 1. The van der Waals surface area contributed by atoms with E-state index in [1.54, 1.807) is 12.3 Å². The van der Waals surface area contributed by atoms with Crippen molar-refractivity contribution >= 4 is 22.8 Å². The number of hydrogen-bond acceptors (Lipinski definition) is 6. The number of imidazole rings is 1. The molecule has 2 aliphatic heterocycles. The van der Waals surface area contributed by atoms with Crippen molar-refractivity contribution in [2.45, 2.75) is 31.5 Å². The van der Waals surface area contributed by atoms with Crippen LogP contribution in [0.3, 0.4) is 0 Å². The number of piperidine rings is 1. The number of fused-ring (bicyclic) bond motifs is 3. The van der Waals surface area contributed by atoms with E-state index < -0.39 is 17.3 Å². The number of carbonyl (C=O) groups excluding carboxylic acids is 1. The van der Waals surface area contributed by atoms with Crippen LogP contribution < -0.4 is 4.90 Å². The average Bonchev–Trinajstić information content (AvgIpc) is 3.38. The first-order chi connectivity index (χ1) is 16.7. The molecular formula is C25H20F3N5O2. The Morgan fingerprint density at radius 1 is 1.06 bits per heavy atom. The molecule has 1 spiro atoms. The van der Waals surface area contributed by atoms with Crippen molar-refractivity contribution in [1.82, 2.24) is 19.9 Å². The van der Waals surface area contributed by atoms with Crippen molar-refractivity contribution in [3.8, 4) is 11.4 Å². The minimum atomic E-state index is -4.41. The fourth-order valence-electron chi connectivity index (χ4n) is 4.82. The van der Waals surface area contributed by atoms with Crippen molar-refractivity contribution in [1.29, 1.82) is 0 Å². The maximum absolute atomic E-state index is 13.0. The van der Waals surface area contributed by atoms with E-state index in [1.807, 2.05) is 25.1 Å². The fourth-order valence-corrected chi connectivity index (χ4v) is 4.82. The molecule has 1 aromatic carbocycles. The SMILES string of the molecule is Cc1ccc2c(n1)C1(CCN(c3ccc(-c4nc5ccc(C(F)(F)F)cc5[nH]4)cn3)CC1)OC2=O. The number of carbonyl (C=O) groups is 1. The highest BCUT2D eigenvalue weighted by Gasteiger charge is 2.49. The van der Waals surface area contributed by atoms with Crippen LogP contribution in [-0.2, 0) is 16.5 Å². The van der Waals surface area contributed by atoms with Gasteiger partial charge in [0.15, 0.2) is 5.60 Å². The Bertz CT molecular complexity index is 1450. The van der Waals surface area contributed by atoms with Crippen molar-refractivity contribution in [3.63, 3.8) is 0 Å². The Labute approximate surface area is 198 Å². The molecule has 2 aliphatic rings. The molecule has 0 amide bonds. The molecule has 7 nitrogen and oxygen atoms in total. The third-order valence-electron chi connectivity index (χ3n) is 6.70. The molecule has 0 aliphatic carbocycles. The standard InChI is InChI=1S/C25H20F3N5O2/c1-14-2-5-17-21(30-14)24(35-23(17)34)8-10-33(11-9-24)20-7-3-15(13-29-20)22-31-18-6-4-16(25(26,27)28)12-19(18)32-22/h2-7,12-13H,8-11H2,1H3,(H,31,32). The molecule has 1 fully saturated rings. The number of rotatable bonds is 2. The molecule has 0 radical (unpaired) electrons. The maximum atomic E-state index is 13.0. The molecule has 3 aromatic heterocycles. The molecule has 0 unspecified atom stereocenters. The van der Waals surface area contributed by atoms with Gasteiger partial charge in [0.25, 0.3) is 0 Å². The molecule has 0 saturated carbocycles. The molecule has 0 bridgehead atoms. The van der Waals surface area contributed by atoms with Crippen molar-refractivity contribution in [2.24, 2.45) is 0 Å². The van der Waals surface area contributed by atoms with Gasteiger partial charge in [-0.25, -0.2) is 14.8 Å². The largest absolute Gasteiger partial charge is 0.449 e. The van der Waals surface area contributed by atoms with E-state index in [1.165, 1.54) is 6.07 Å². The van der Waals surface area contributed by atoms with Gasteiger partial charge in [-0.1, -0.05) is 0 Å². The van der Waals surface area contributed by atoms with Gasteiger partial charge in [-0.05, 0) is 49.4 Å². The lowest BCUT2D eigenvalue weighted by Gasteiger charge is -2.38. The number of alkyl halides is 3. The van der Waals surface area contributed by atoms with Gasteiger partial charge >= 0.3 is 12.1 Å². The number of pyridine rings is 2. The molecule has 4 aromatic rings. The Balaban J connectivity index is 1.20. The zero-order chi connectivity index (χ0) is 24.4. The normalized spacial score (nSPS) is 17.1. The number of hydrogen-bond donors (Lipinski definition) is 1. The van der Waals surface area contributed by atoms with Gasteiger partial charge < -0.3 is 14.6 Å². The summed E-state index contributed by atoms with van der Waals surface area (Å²) in [4.78, 5) is 31.0. The van der Waals surface area contributed by atoms with Crippen molar-refractivity contribution in [2.75, 3.05) is 18.0 Å². The Morgan fingerprint density at radius 2 is 1.86 bits per heavy atom. The number of H-pyrrole nitrogens is 1. The number of ether oxygens (including phenoxy) is 1. The summed E-state index contributed by atoms with van der Waals surface area (Å²) in [5.41, 5.74) is 2.13. The summed E-state index contributed by atoms with van der Waals surface area (Å²) in [7, 11) is 0. The number of esters is 1. The monoisotopic (exact) mass is 479 g/mol. The number of nitrogens with zero attached hydrogens (tertiary/aromatic N) is 4. The predicted octanol–water partition coefficient (Wildman–Crippen LogP) is 5.01. The Morgan fingerprint density at radius 3 is 2.57 bits per heavy atom. The lowest BCUT2D eigenvalue weighted by molar-refractivity contribution is -0.137. The molecular weight excluding hydrogens is 459 g/mol. The summed E-state index contributed by atoms with van der Waals surface area (Å²) in [6.45, 7) is 3.17. The van der Waals surface area contributed by atoms with E-state index >= 15 is 0 Å². The van der Waals surface area contributed by atoms with Crippen LogP contribution in [0, 0.1) is 6.92 Å². The van der Waals surface area contributed by atoms with Crippen LogP contribution in [0.4, 0.5) is 19.0 Å². The van der Waals surface area contributed by atoms with Crippen molar-refractivity contribution in [3.05, 3.63) is 71.2 Å². The van der Waals surface area contributed by atoms with Crippen LogP contribution in [0.5, 0.6) is 0 Å². The number of aryl methyl sites for hydroxylation is 1. The Hall–Kier alpha value is -3.95. The van der Waals surface area contributed by atoms with Gasteiger partial charge in [-0.15, -0.1) is 0 Å². The van der Waals surface area contributed by atoms with Crippen LogP contribution >= 0.6 is 0 Å². The first-order valence-corrected chi connectivity index (χ1v) is 11.2. The quantitative estimate of drug-likeness (QED) is 0.407. The summed E-state index contributed by atoms with van der Waals surface area (Å²) < 4.78 is 44.8. The molecule has 1 saturated heterocycles. The lowest BCUT2D eigenvalue weighted by Crippen LogP contribution is -2.43. The first kappa shape index (κ1) is 21.6. The molecule has 0 atom stereocenters. The predicted molar refractivity (Wildman–Crippen MR) is 122 cm³/mol. The van der Waals surface area contributed by atoms with Gasteiger partial charge in [-0.3, -0.25) is 4.98 Å². The molecule has 178 valence electrons. The number of aromatic amines is 1. The number of aromatic nitrogens is 4. The third kappa shape index (κ3) is 3.60. The second-order valence-electron chi connectivity index (χ2n) is 8.94. The van der Waals surface area contributed by atoms with Crippen LogP contribution in [0.15, 0.2) is 48.7 Å². The number of anilines is 1. The third-order valence-corrected chi connectivity index (χ3v) is 6.70.